The molecule has 3 rings (SSSR count). The summed E-state index contributed by atoms with van der Waals surface area (Å²) in [7, 11) is 0. The van der Waals surface area contributed by atoms with Crippen LogP contribution in [0.25, 0.3) is 0 Å². The van der Waals surface area contributed by atoms with Crippen molar-refractivity contribution in [2.45, 2.75) is 13.8 Å². The van der Waals surface area contributed by atoms with Gasteiger partial charge in [0.2, 0.25) is 0 Å². The second-order valence-corrected chi connectivity index (χ2v) is 5.96. The maximum absolute atomic E-state index is 13.0. The molecule has 1 fully saturated rings. The fourth-order valence-electron chi connectivity index (χ4n) is 2.79. The molecule has 1 saturated heterocycles. The van der Waals surface area contributed by atoms with Gasteiger partial charge in [-0.2, -0.15) is 0 Å². The molecule has 0 unspecified atom stereocenters. The summed E-state index contributed by atoms with van der Waals surface area (Å²) in [6, 6.07) is 7.96. The topological polar surface area (TPSA) is 70.6 Å². The normalized spacial score (nSPS) is 14.3. The van der Waals surface area contributed by atoms with Crippen molar-refractivity contribution >= 4 is 23.4 Å². The average molecular weight is 359 g/mol. The van der Waals surface area contributed by atoms with Crippen molar-refractivity contribution in [3.63, 3.8) is 0 Å². The Hall–Kier alpha value is -2.90. The number of benzene rings is 1. The number of ether oxygens (including phenoxy) is 1. The first-order valence-corrected chi connectivity index (χ1v) is 8.60. The average Bonchev–Trinajstić information content (AvgIpc) is 2.63. The number of piperazine rings is 1. The Morgan fingerprint density at radius 2 is 1.88 bits per heavy atom. The molecule has 2 heterocycles. The Kier molecular flexibility index (Phi) is 5.50. The number of anilines is 3. The van der Waals surface area contributed by atoms with Gasteiger partial charge in [-0.1, -0.05) is 0 Å². The smallest absolute Gasteiger partial charge is 0.409 e. The van der Waals surface area contributed by atoms with E-state index in [-0.39, 0.29) is 11.9 Å². The van der Waals surface area contributed by atoms with Crippen LogP contribution in [0.4, 0.5) is 26.5 Å². The van der Waals surface area contributed by atoms with Crippen LogP contribution in [0.15, 0.2) is 30.3 Å². The maximum atomic E-state index is 13.0. The van der Waals surface area contributed by atoms with Crippen molar-refractivity contribution in [2.75, 3.05) is 43.0 Å². The molecule has 1 aromatic carbocycles. The highest BCUT2D eigenvalue weighted by atomic mass is 19.1. The molecule has 2 aromatic rings. The molecule has 7 nitrogen and oxygen atoms in total. The number of hydrogen-bond donors (Lipinski definition) is 1. The molecular weight excluding hydrogens is 337 g/mol. The first-order valence-electron chi connectivity index (χ1n) is 8.60. The minimum absolute atomic E-state index is 0.273. The summed E-state index contributed by atoms with van der Waals surface area (Å²) in [5.74, 6) is 1.80. The molecular formula is C18H22FN5O2. The van der Waals surface area contributed by atoms with Gasteiger partial charge >= 0.3 is 6.09 Å². The monoisotopic (exact) mass is 359 g/mol. The predicted octanol–water partition coefficient (Wildman–Crippen LogP) is 2.95. The van der Waals surface area contributed by atoms with Crippen LogP contribution in [-0.4, -0.2) is 53.7 Å². The van der Waals surface area contributed by atoms with E-state index in [4.69, 9.17) is 4.74 Å². The summed E-state index contributed by atoms with van der Waals surface area (Å²) < 4.78 is 18.1. The molecule has 26 heavy (non-hydrogen) atoms. The summed E-state index contributed by atoms with van der Waals surface area (Å²) >= 11 is 0. The van der Waals surface area contributed by atoms with Gasteiger partial charge in [0.05, 0.1) is 6.61 Å². The number of nitrogens with one attached hydrogen (secondary N) is 1. The molecule has 0 atom stereocenters. The van der Waals surface area contributed by atoms with Gasteiger partial charge in [0.25, 0.3) is 0 Å². The van der Waals surface area contributed by atoms with Crippen molar-refractivity contribution < 1.29 is 13.9 Å². The SMILES string of the molecule is CCOC(=O)N1CCN(c2cc(Nc3ccc(F)cc3)nc(C)n2)CC1. The lowest BCUT2D eigenvalue weighted by Crippen LogP contribution is -2.49. The van der Waals surface area contributed by atoms with Crippen molar-refractivity contribution in [3.05, 3.63) is 42.0 Å². The van der Waals surface area contributed by atoms with Crippen LogP contribution in [-0.2, 0) is 4.74 Å². The van der Waals surface area contributed by atoms with E-state index in [1.807, 2.05) is 13.0 Å². The van der Waals surface area contributed by atoms with E-state index in [0.717, 1.165) is 11.5 Å². The molecule has 1 amide bonds. The number of nitrogens with zero attached hydrogens (tertiary/aromatic N) is 4. The summed E-state index contributed by atoms with van der Waals surface area (Å²) in [5.41, 5.74) is 0.752. The lowest BCUT2D eigenvalue weighted by atomic mass is 10.3. The van der Waals surface area contributed by atoms with Gasteiger partial charge < -0.3 is 19.9 Å². The number of carbonyl (C=O) groups is 1. The molecule has 138 valence electrons. The van der Waals surface area contributed by atoms with Gasteiger partial charge in [-0.25, -0.2) is 19.2 Å². The van der Waals surface area contributed by atoms with Gasteiger partial charge in [0.15, 0.2) is 0 Å². The fourth-order valence-corrected chi connectivity index (χ4v) is 2.79. The molecule has 8 heteroatoms. The Bertz CT molecular complexity index is 761. The zero-order valence-corrected chi connectivity index (χ0v) is 14.9. The molecule has 0 bridgehead atoms. The van der Waals surface area contributed by atoms with Gasteiger partial charge in [-0.15, -0.1) is 0 Å². The molecule has 0 aliphatic carbocycles. The quantitative estimate of drug-likeness (QED) is 0.905. The van der Waals surface area contributed by atoms with E-state index in [1.54, 1.807) is 24.0 Å². The van der Waals surface area contributed by atoms with Crippen LogP contribution in [0.3, 0.4) is 0 Å². The second-order valence-electron chi connectivity index (χ2n) is 5.96. The molecule has 1 aliphatic rings. The highest BCUT2D eigenvalue weighted by Gasteiger charge is 2.23. The lowest BCUT2D eigenvalue weighted by Gasteiger charge is -2.34. The highest BCUT2D eigenvalue weighted by molar-refractivity contribution is 5.68. The number of hydrogen-bond acceptors (Lipinski definition) is 6. The Morgan fingerprint density at radius 1 is 1.19 bits per heavy atom. The van der Waals surface area contributed by atoms with Crippen LogP contribution < -0.4 is 10.2 Å². The zero-order valence-electron chi connectivity index (χ0n) is 14.9. The van der Waals surface area contributed by atoms with E-state index >= 15 is 0 Å². The molecule has 1 aromatic heterocycles. The number of rotatable bonds is 4. The third kappa shape index (κ3) is 4.38. The third-order valence-electron chi connectivity index (χ3n) is 4.07. The third-order valence-corrected chi connectivity index (χ3v) is 4.07. The van der Waals surface area contributed by atoms with Gasteiger partial charge in [-0.05, 0) is 38.1 Å². The van der Waals surface area contributed by atoms with Crippen LogP contribution in [0.1, 0.15) is 12.7 Å². The minimum Gasteiger partial charge on any atom is -0.450 e. The molecule has 0 radical (unpaired) electrons. The van der Waals surface area contributed by atoms with E-state index in [0.29, 0.717) is 44.4 Å². The van der Waals surface area contributed by atoms with Gasteiger partial charge in [-0.3, -0.25) is 0 Å². The summed E-state index contributed by atoms with van der Waals surface area (Å²) in [6.45, 7) is 6.52. The minimum atomic E-state index is -0.283. The summed E-state index contributed by atoms with van der Waals surface area (Å²) in [4.78, 5) is 24.5. The predicted molar refractivity (Wildman–Crippen MR) is 97.3 cm³/mol. The zero-order chi connectivity index (χ0) is 18.5. The number of aryl methyl sites for hydroxylation is 1. The Morgan fingerprint density at radius 3 is 2.54 bits per heavy atom. The summed E-state index contributed by atoms with van der Waals surface area (Å²) in [5, 5.41) is 3.17. The van der Waals surface area contributed by atoms with E-state index in [2.05, 4.69) is 20.2 Å². The van der Waals surface area contributed by atoms with Crippen LogP contribution >= 0.6 is 0 Å². The van der Waals surface area contributed by atoms with Crippen LogP contribution in [0.2, 0.25) is 0 Å². The van der Waals surface area contributed by atoms with Gasteiger partial charge in [0, 0.05) is 37.9 Å². The fraction of sp³-hybridized carbons (Fsp3) is 0.389. The second kappa shape index (κ2) is 7.99. The standard InChI is InChI=1S/C18H22FN5O2/c1-3-26-18(25)24-10-8-23(9-11-24)17-12-16(20-13(2)21-17)22-15-6-4-14(19)5-7-15/h4-7,12H,3,8-11H2,1-2H3,(H,20,21,22). The molecule has 0 spiro atoms. The van der Waals surface area contributed by atoms with Crippen molar-refractivity contribution in [1.29, 1.82) is 0 Å². The van der Waals surface area contributed by atoms with Crippen molar-refractivity contribution in [2.24, 2.45) is 0 Å². The largest absolute Gasteiger partial charge is 0.450 e. The molecule has 1 aliphatic heterocycles. The van der Waals surface area contributed by atoms with E-state index < -0.39 is 0 Å². The van der Waals surface area contributed by atoms with E-state index in [1.165, 1.54) is 12.1 Å². The number of halogens is 1. The Balaban J connectivity index is 1.68. The van der Waals surface area contributed by atoms with Crippen molar-refractivity contribution in [1.82, 2.24) is 14.9 Å². The van der Waals surface area contributed by atoms with Crippen LogP contribution in [0.5, 0.6) is 0 Å². The maximum Gasteiger partial charge on any atom is 0.409 e. The van der Waals surface area contributed by atoms with Crippen LogP contribution in [0, 0.1) is 12.7 Å². The first-order chi connectivity index (χ1) is 12.5. The summed E-state index contributed by atoms with van der Waals surface area (Å²) in [6.07, 6.45) is -0.273. The molecule has 1 N–H and O–H groups in total. The number of amides is 1. The number of carbonyl (C=O) groups excluding carboxylic acids is 1. The first kappa shape index (κ1) is 17.9. The lowest BCUT2D eigenvalue weighted by molar-refractivity contribution is 0.105. The van der Waals surface area contributed by atoms with Gasteiger partial charge in [0.1, 0.15) is 23.3 Å². The highest BCUT2D eigenvalue weighted by Crippen LogP contribution is 2.21. The number of aromatic nitrogens is 2. The Labute approximate surface area is 151 Å². The molecule has 0 saturated carbocycles. The van der Waals surface area contributed by atoms with E-state index in [9.17, 15) is 9.18 Å². The van der Waals surface area contributed by atoms with Crippen molar-refractivity contribution in [3.8, 4) is 0 Å².